The Labute approximate surface area is 165 Å². The van der Waals surface area contributed by atoms with Gasteiger partial charge in [0.15, 0.2) is 0 Å². The molecule has 2 heterocycles. The molecule has 0 aliphatic carbocycles. The summed E-state index contributed by atoms with van der Waals surface area (Å²) in [4.78, 5) is 30.7. The number of aromatic nitrogens is 1. The summed E-state index contributed by atoms with van der Waals surface area (Å²) < 4.78 is 24.8. The molecule has 0 saturated heterocycles. The zero-order chi connectivity index (χ0) is 21.3. The average Bonchev–Trinajstić information content (AvgIpc) is 2.55. The molecule has 154 valence electrons. The number of halogens is 1. The Bertz CT molecular complexity index is 791. The number of nitrogens with zero attached hydrogens (tertiary/aromatic N) is 2. The lowest BCUT2D eigenvalue weighted by Gasteiger charge is -2.34. The number of rotatable bonds is 2. The molecule has 1 aliphatic heterocycles. The minimum absolute atomic E-state index is 0.140. The lowest BCUT2D eigenvalue weighted by Crippen LogP contribution is -2.46. The van der Waals surface area contributed by atoms with Gasteiger partial charge in [-0.25, -0.2) is 9.18 Å². The molecule has 0 N–H and O–H groups in total. The van der Waals surface area contributed by atoms with Gasteiger partial charge in [0.25, 0.3) is 0 Å². The van der Waals surface area contributed by atoms with Crippen molar-refractivity contribution in [2.24, 2.45) is 5.41 Å². The monoisotopic (exact) mass is 392 g/mol. The Morgan fingerprint density at radius 3 is 2.36 bits per heavy atom. The van der Waals surface area contributed by atoms with Gasteiger partial charge in [0.1, 0.15) is 17.5 Å². The number of aryl methyl sites for hydroxylation is 1. The van der Waals surface area contributed by atoms with Gasteiger partial charge in [-0.15, -0.1) is 0 Å². The van der Waals surface area contributed by atoms with Crippen molar-refractivity contribution in [2.45, 2.75) is 60.2 Å². The molecule has 0 bridgehead atoms. The summed E-state index contributed by atoms with van der Waals surface area (Å²) in [5, 5.41) is 0. The smallest absolute Gasteiger partial charge is 0.410 e. The summed E-state index contributed by atoms with van der Waals surface area (Å²) >= 11 is 0. The van der Waals surface area contributed by atoms with E-state index in [1.807, 2.05) is 0 Å². The average molecular weight is 392 g/mol. The second-order valence-electron chi connectivity index (χ2n) is 8.95. The molecule has 1 aromatic heterocycles. The van der Waals surface area contributed by atoms with Gasteiger partial charge in [0.05, 0.1) is 23.3 Å². The van der Waals surface area contributed by atoms with Gasteiger partial charge in [-0.05, 0) is 60.6 Å². The van der Waals surface area contributed by atoms with E-state index in [-0.39, 0.29) is 18.8 Å². The summed E-state index contributed by atoms with van der Waals surface area (Å²) in [5.74, 6) is -0.799. The Kier molecular flexibility index (Phi) is 6.16. The van der Waals surface area contributed by atoms with E-state index in [1.165, 1.54) is 11.0 Å². The first-order valence-electron chi connectivity index (χ1n) is 9.30. The number of hydrogen-bond acceptors (Lipinski definition) is 5. The van der Waals surface area contributed by atoms with Crippen LogP contribution in [-0.4, -0.2) is 46.7 Å². The van der Waals surface area contributed by atoms with Crippen LogP contribution < -0.4 is 0 Å². The first-order chi connectivity index (χ1) is 12.8. The number of esters is 1. The van der Waals surface area contributed by atoms with Gasteiger partial charge in [-0.2, -0.15) is 0 Å². The maximum absolute atomic E-state index is 13.6. The number of pyridine rings is 1. The molecular weight excluding hydrogens is 363 g/mol. The van der Waals surface area contributed by atoms with Crippen LogP contribution in [0, 0.1) is 18.2 Å². The minimum atomic E-state index is -0.717. The fraction of sp³-hybridized carbons (Fsp3) is 0.571. The van der Waals surface area contributed by atoms with E-state index in [0.29, 0.717) is 11.3 Å². The number of amides is 1. The summed E-state index contributed by atoms with van der Waals surface area (Å²) in [7, 11) is 0. The van der Waals surface area contributed by atoms with Crippen molar-refractivity contribution in [1.29, 1.82) is 0 Å². The van der Waals surface area contributed by atoms with Gasteiger partial charge in [-0.1, -0.05) is 6.08 Å². The molecule has 7 heteroatoms. The second kappa shape index (κ2) is 7.89. The van der Waals surface area contributed by atoms with Gasteiger partial charge >= 0.3 is 12.1 Å². The Morgan fingerprint density at radius 1 is 1.18 bits per heavy atom. The predicted molar refractivity (Wildman–Crippen MR) is 104 cm³/mol. The quantitative estimate of drug-likeness (QED) is 0.708. The highest BCUT2D eigenvalue weighted by Crippen LogP contribution is 2.28. The van der Waals surface area contributed by atoms with Crippen molar-refractivity contribution in [3.63, 3.8) is 0 Å². The predicted octanol–water partition coefficient (Wildman–Crippen LogP) is 4.12. The normalized spacial score (nSPS) is 17.8. The molecule has 1 aliphatic rings. The highest BCUT2D eigenvalue weighted by Gasteiger charge is 2.35. The molecule has 1 aromatic rings. The molecule has 28 heavy (non-hydrogen) atoms. The van der Waals surface area contributed by atoms with E-state index in [1.54, 1.807) is 60.6 Å². The summed E-state index contributed by atoms with van der Waals surface area (Å²) in [5.41, 5.74) is 0.100. The van der Waals surface area contributed by atoms with E-state index >= 15 is 0 Å². The van der Waals surface area contributed by atoms with Crippen LogP contribution in [-0.2, 0) is 14.3 Å². The van der Waals surface area contributed by atoms with Crippen LogP contribution in [0.1, 0.15) is 52.9 Å². The minimum Gasteiger partial charge on any atom is -0.455 e. The topological polar surface area (TPSA) is 68.7 Å². The number of ether oxygens (including phenoxy) is 2. The zero-order valence-corrected chi connectivity index (χ0v) is 17.6. The Balaban J connectivity index is 2.33. The van der Waals surface area contributed by atoms with Gasteiger partial charge in [0.2, 0.25) is 0 Å². The van der Waals surface area contributed by atoms with Crippen LogP contribution in [0.15, 0.2) is 18.2 Å². The third-order valence-electron chi connectivity index (χ3n) is 4.10. The van der Waals surface area contributed by atoms with Gasteiger partial charge in [-0.3, -0.25) is 9.78 Å². The Hall–Kier alpha value is -2.44. The second-order valence-corrected chi connectivity index (χ2v) is 8.95. The lowest BCUT2D eigenvalue weighted by atomic mass is 9.96. The van der Waals surface area contributed by atoms with Crippen molar-refractivity contribution >= 4 is 17.6 Å². The molecule has 2 rings (SSSR count). The van der Waals surface area contributed by atoms with Crippen molar-refractivity contribution in [3.05, 3.63) is 35.4 Å². The Morgan fingerprint density at radius 2 is 1.82 bits per heavy atom. The van der Waals surface area contributed by atoms with Crippen LogP contribution >= 0.6 is 0 Å². The molecule has 0 aromatic carbocycles. The third-order valence-corrected chi connectivity index (χ3v) is 4.10. The van der Waals surface area contributed by atoms with Crippen LogP contribution in [0.5, 0.6) is 0 Å². The first-order valence-corrected chi connectivity index (χ1v) is 9.30. The molecule has 0 spiro atoms. The van der Waals surface area contributed by atoms with Gasteiger partial charge in [0, 0.05) is 12.1 Å². The van der Waals surface area contributed by atoms with Crippen molar-refractivity contribution in [2.75, 3.05) is 13.1 Å². The van der Waals surface area contributed by atoms with E-state index in [4.69, 9.17) is 9.47 Å². The summed E-state index contributed by atoms with van der Waals surface area (Å²) in [6.45, 7) is 12.6. The highest BCUT2D eigenvalue weighted by molar-refractivity contribution is 5.79. The lowest BCUT2D eigenvalue weighted by molar-refractivity contribution is -0.156. The van der Waals surface area contributed by atoms with Crippen LogP contribution in [0.2, 0.25) is 0 Å². The fourth-order valence-electron chi connectivity index (χ4n) is 2.57. The maximum atomic E-state index is 13.6. The van der Waals surface area contributed by atoms with E-state index in [9.17, 15) is 14.0 Å². The van der Waals surface area contributed by atoms with Crippen molar-refractivity contribution in [3.8, 4) is 0 Å². The van der Waals surface area contributed by atoms with Crippen molar-refractivity contribution in [1.82, 2.24) is 9.88 Å². The molecule has 1 atom stereocenters. The summed E-state index contributed by atoms with van der Waals surface area (Å²) in [6.07, 6.45) is 0.571. The van der Waals surface area contributed by atoms with Crippen LogP contribution in [0.25, 0.3) is 5.57 Å². The molecular formula is C21H29FN2O4. The third kappa shape index (κ3) is 5.53. The van der Waals surface area contributed by atoms with E-state index < -0.39 is 35.0 Å². The van der Waals surface area contributed by atoms with Crippen molar-refractivity contribution < 1.29 is 23.5 Å². The fourth-order valence-corrected chi connectivity index (χ4v) is 2.57. The molecule has 0 radical (unpaired) electrons. The van der Waals surface area contributed by atoms with E-state index in [2.05, 4.69) is 4.98 Å². The molecule has 0 unspecified atom stereocenters. The standard InChI is InChI=1S/C21H29FN2O4/c1-13-15(22)8-9-16(23-13)14-10-11-24(19(26)28-21(5,6)7)12-17(14)27-18(25)20(2,3)4/h8-10,17H,11-12H2,1-7H3/t17-/m0/s1. The highest BCUT2D eigenvalue weighted by atomic mass is 19.1. The molecule has 1 amide bonds. The number of carbonyl (C=O) groups is 2. The SMILES string of the molecule is Cc1nc(C2=CCN(C(=O)OC(C)(C)C)C[C@@H]2OC(=O)C(C)(C)C)ccc1F. The first kappa shape index (κ1) is 21.9. The molecule has 6 nitrogen and oxygen atoms in total. The van der Waals surface area contributed by atoms with Crippen LogP contribution in [0.3, 0.4) is 0 Å². The van der Waals surface area contributed by atoms with E-state index in [0.717, 1.165) is 0 Å². The maximum Gasteiger partial charge on any atom is 0.410 e. The van der Waals surface area contributed by atoms with Gasteiger partial charge < -0.3 is 14.4 Å². The molecule has 0 saturated carbocycles. The largest absolute Gasteiger partial charge is 0.455 e. The number of hydrogen-bond donors (Lipinski definition) is 0. The molecule has 0 fully saturated rings. The van der Waals surface area contributed by atoms with Crippen LogP contribution in [0.4, 0.5) is 9.18 Å². The number of carbonyl (C=O) groups excluding carboxylic acids is 2. The zero-order valence-electron chi connectivity index (χ0n) is 17.6. The summed E-state index contributed by atoms with van der Waals surface area (Å²) in [6, 6.07) is 2.89.